The summed E-state index contributed by atoms with van der Waals surface area (Å²) in [4.78, 5) is 33.3. The van der Waals surface area contributed by atoms with Crippen LogP contribution >= 0.6 is 11.3 Å². The summed E-state index contributed by atoms with van der Waals surface area (Å²) < 4.78 is 0. The number of aliphatic carboxylic acids is 2. The average Bonchev–Trinajstić information content (AvgIpc) is 2.88. The SMILES string of the molecule is Cc1nc(N[C@H](CCC(=O)O)C(=O)O)c2c3c(sc2n1)CCCC3. The molecule has 0 radical (unpaired) electrons. The van der Waals surface area contributed by atoms with Gasteiger partial charge in [0.2, 0.25) is 0 Å². The standard InChI is InChI=1S/C16H19N3O4S/c1-8-17-14(19-10(16(22)23)6-7-12(20)21)13-9-4-2-3-5-11(9)24-15(13)18-8/h10H,2-7H2,1H3,(H,20,21)(H,22,23)(H,17,18,19)/t10-/m1/s1. The molecule has 2 aromatic rings. The highest BCUT2D eigenvalue weighted by Crippen LogP contribution is 2.38. The van der Waals surface area contributed by atoms with E-state index in [1.165, 1.54) is 10.4 Å². The lowest BCUT2D eigenvalue weighted by molar-refractivity contribution is -0.139. The van der Waals surface area contributed by atoms with Crippen LogP contribution in [-0.4, -0.2) is 38.2 Å². The third-order valence-corrected chi connectivity index (χ3v) is 5.37. The number of thiophene rings is 1. The van der Waals surface area contributed by atoms with E-state index in [0.717, 1.165) is 35.9 Å². The van der Waals surface area contributed by atoms with Crippen molar-refractivity contribution in [2.24, 2.45) is 0 Å². The second kappa shape index (κ2) is 6.72. The molecule has 0 saturated heterocycles. The Hall–Kier alpha value is -2.22. The lowest BCUT2D eigenvalue weighted by Crippen LogP contribution is -2.30. The Morgan fingerprint density at radius 2 is 2.00 bits per heavy atom. The first kappa shape index (κ1) is 16.6. The van der Waals surface area contributed by atoms with Gasteiger partial charge in [0.05, 0.1) is 5.39 Å². The number of anilines is 1. The number of hydrogen-bond acceptors (Lipinski definition) is 6. The summed E-state index contributed by atoms with van der Waals surface area (Å²) in [5, 5.41) is 22.0. The molecule has 1 atom stereocenters. The largest absolute Gasteiger partial charge is 0.481 e. The lowest BCUT2D eigenvalue weighted by Gasteiger charge is -2.17. The topological polar surface area (TPSA) is 112 Å². The fraction of sp³-hybridized carbons (Fsp3) is 0.500. The van der Waals surface area contributed by atoms with Crippen molar-refractivity contribution in [3.8, 4) is 0 Å². The number of carbonyl (C=O) groups is 2. The minimum atomic E-state index is -1.08. The Bertz CT molecular complexity index is 802. The van der Waals surface area contributed by atoms with Gasteiger partial charge < -0.3 is 15.5 Å². The van der Waals surface area contributed by atoms with Crippen molar-refractivity contribution < 1.29 is 19.8 Å². The molecule has 0 spiro atoms. The summed E-state index contributed by atoms with van der Waals surface area (Å²) >= 11 is 1.65. The van der Waals surface area contributed by atoms with Crippen LogP contribution in [0.3, 0.4) is 0 Å². The van der Waals surface area contributed by atoms with Gasteiger partial charge in [0.15, 0.2) is 0 Å². The summed E-state index contributed by atoms with van der Waals surface area (Å²) in [6.45, 7) is 1.77. The zero-order valence-corrected chi connectivity index (χ0v) is 14.2. The van der Waals surface area contributed by atoms with Crippen molar-refractivity contribution in [2.45, 2.75) is 51.5 Å². The summed E-state index contributed by atoms with van der Waals surface area (Å²) in [6.07, 6.45) is 4.03. The molecular formula is C16H19N3O4S. The summed E-state index contributed by atoms with van der Waals surface area (Å²) in [7, 11) is 0. The normalized spacial score (nSPS) is 15.0. The molecule has 24 heavy (non-hydrogen) atoms. The van der Waals surface area contributed by atoms with Crippen molar-refractivity contribution in [2.75, 3.05) is 5.32 Å². The van der Waals surface area contributed by atoms with E-state index in [1.54, 1.807) is 18.3 Å². The molecule has 1 aliphatic rings. The maximum atomic E-state index is 11.5. The fourth-order valence-electron chi connectivity index (χ4n) is 3.06. The molecule has 2 heterocycles. The lowest BCUT2D eigenvalue weighted by atomic mass is 9.97. The first-order chi connectivity index (χ1) is 11.5. The molecule has 0 amide bonds. The van der Waals surface area contributed by atoms with E-state index in [0.29, 0.717) is 11.6 Å². The molecule has 0 bridgehead atoms. The Morgan fingerprint density at radius 3 is 2.71 bits per heavy atom. The van der Waals surface area contributed by atoms with Crippen LogP contribution in [0, 0.1) is 6.92 Å². The molecule has 1 aliphatic carbocycles. The second-order valence-corrected chi connectivity index (χ2v) is 7.06. The second-order valence-electron chi connectivity index (χ2n) is 5.98. The number of hydrogen-bond donors (Lipinski definition) is 3. The van der Waals surface area contributed by atoms with Crippen LogP contribution in [0.15, 0.2) is 0 Å². The fourth-order valence-corrected chi connectivity index (χ4v) is 4.37. The van der Waals surface area contributed by atoms with Gasteiger partial charge in [0, 0.05) is 11.3 Å². The molecule has 2 aromatic heterocycles. The molecule has 3 rings (SSSR count). The number of aromatic nitrogens is 2. The van der Waals surface area contributed by atoms with Crippen molar-refractivity contribution in [3.05, 3.63) is 16.3 Å². The molecule has 0 saturated carbocycles. The number of fused-ring (bicyclic) bond motifs is 3. The summed E-state index contributed by atoms with van der Waals surface area (Å²) in [6, 6.07) is -0.988. The van der Waals surface area contributed by atoms with E-state index in [1.807, 2.05) is 0 Å². The number of rotatable bonds is 6. The molecule has 7 nitrogen and oxygen atoms in total. The Balaban J connectivity index is 1.99. The van der Waals surface area contributed by atoms with Crippen LogP contribution in [0.1, 0.15) is 41.9 Å². The Kier molecular flexibility index (Phi) is 4.66. The van der Waals surface area contributed by atoms with Gasteiger partial charge in [0.25, 0.3) is 0 Å². The van der Waals surface area contributed by atoms with Crippen molar-refractivity contribution >= 4 is 39.3 Å². The monoisotopic (exact) mass is 349 g/mol. The van der Waals surface area contributed by atoms with E-state index in [4.69, 9.17) is 5.11 Å². The summed E-state index contributed by atoms with van der Waals surface area (Å²) in [5.74, 6) is -1.01. The molecule has 128 valence electrons. The minimum absolute atomic E-state index is 0.00153. The van der Waals surface area contributed by atoms with Gasteiger partial charge in [-0.05, 0) is 44.6 Å². The molecular weight excluding hydrogens is 330 g/mol. The van der Waals surface area contributed by atoms with Crippen LogP contribution in [0.5, 0.6) is 0 Å². The van der Waals surface area contributed by atoms with Crippen molar-refractivity contribution in [3.63, 3.8) is 0 Å². The Labute approximate surface area is 142 Å². The number of nitrogens with zero attached hydrogens (tertiary/aromatic N) is 2. The average molecular weight is 349 g/mol. The number of aryl methyl sites for hydroxylation is 3. The molecule has 0 fully saturated rings. The van der Waals surface area contributed by atoms with Gasteiger partial charge in [-0.25, -0.2) is 14.8 Å². The van der Waals surface area contributed by atoms with Gasteiger partial charge in [0.1, 0.15) is 22.5 Å². The Morgan fingerprint density at radius 1 is 1.25 bits per heavy atom. The molecule has 0 aliphatic heterocycles. The van der Waals surface area contributed by atoms with Crippen LogP contribution in [-0.2, 0) is 22.4 Å². The smallest absolute Gasteiger partial charge is 0.326 e. The molecule has 0 unspecified atom stereocenters. The number of carboxylic acids is 2. The highest BCUT2D eigenvalue weighted by atomic mass is 32.1. The van der Waals surface area contributed by atoms with E-state index in [9.17, 15) is 14.7 Å². The minimum Gasteiger partial charge on any atom is -0.481 e. The number of carboxylic acid groups (broad SMARTS) is 2. The quantitative estimate of drug-likeness (QED) is 0.734. The van der Waals surface area contributed by atoms with Crippen molar-refractivity contribution in [1.29, 1.82) is 0 Å². The van der Waals surface area contributed by atoms with Gasteiger partial charge in [-0.2, -0.15) is 0 Å². The molecule has 8 heteroatoms. The highest BCUT2D eigenvalue weighted by Gasteiger charge is 2.24. The molecule has 3 N–H and O–H groups in total. The van der Waals surface area contributed by atoms with Crippen molar-refractivity contribution in [1.82, 2.24) is 9.97 Å². The van der Waals surface area contributed by atoms with Crippen LogP contribution in [0.2, 0.25) is 0 Å². The first-order valence-electron chi connectivity index (χ1n) is 7.95. The predicted molar refractivity (Wildman–Crippen MR) is 90.7 cm³/mol. The van der Waals surface area contributed by atoms with Crippen LogP contribution in [0.4, 0.5) is 5.82 Å². The predicted octanol–water partition coefficient (Wildman–Crippen LogP) is 2.61. The highest BCUT2D eigenvalue weighted by molar-refractivity contribution is 7.19. The maximum Gasteiger partial charge on any atom is 0.326 e. The van der Waals surface area contributed by atoms with Gasteiger partial charge in [-0.3, -0.25) is 4.79 Å². The van der Waals surface area contributed by atoms with E-state index < -0.39 is 18.0 Å². The van der Waals surface area contributed by atoms with E-state index >= 15 is 0 Å². The zero-order valence-electron chi connectivity index (χ0n) is 13.3. The van der Waals surface area contributed by atoms with Gasteiger partial charge >= 0.3 is 11.9 Å². The van der Waals surface area contributed by atoms with Crippen LogP contribution in [0.25, 0.3) is 10.2 Å². The first-order valence-corrected chi connectivity index (χ1v) is 8.77. The summed E-state index contributed by atoms with van der Waals surface area (Å²) in [5.41, 5.74) is 1.21. The maximum absolute atomic E-state index is 11.5. The van der Waals surface area contributed by atoms with Gasteiger partial charge in [-0.1, -0.05) is 0 Å². The third kappa shape index (κ3) is 3.33. The van der Waals surface area contributed by atoms with Gasteiger partial charge in [-0.15, -0.1) is 11.3 Å². The van der Waals surface area contributed by atoms with Crippen LogP contribution < -0.4 is 5.32 Å². The number of nitrogens with one attached hydrogen (secondary N) is 1. The third-order valence-electron chi connectivity index (χ3n) is 4.18. The van der Waals surface area contributed by atoms with E-state index in [2.05, 4.69) is 15.3 Å². The zero-order chi connectivity index (χ0) is 17.3. The molecule has 0 aromatic carbocycles. The van der Waals surface area contributed by atoms with E-state index in [-0.39, 0.29) is 12.8 Å².